The van der Waals surface area contributed by atoms with Gasteiger partial charge in [0.05, 0.1) is 6.54 Å². The number of anilines is 1. The predicted molar refractivity (Wildman–Crippen MR) is 125 cm³/mol. The van der Waals surface area contributed by atoms with Gasteiger partial charge in [-0.05, 0) is 48.1 Å². The van der Waals surface area contributed by atoms with Crippen molar-refractivity contribution in [1.29, 1.82) is 0 Å². The lowest BCUT2D eigenvalue weighted by molar-refractivity contribution is -0.138. The predicted octanol–water partition coefficient (Wildman–Crippen LogP) is 2.68. The molecule has 1 fully saturated rings. The highest BCUT2D eigenvalue weighted by atomic mass is 35.5. The van der Waals surface area contributed by atoms with E-state index >= 15 is 0 Å². The molecule has 4 N–H and O–H groups in total. The topological polar surface area (TPSA) is 105 Å². The number of fused-ring (bicyclic) bond motifs is 1. The molecule has 1 heterocycles. The summed E-state index contributed by atoms with van der Waals surface area (Å²) in [6, 6.07) is 12.4. The number of rotatable bonds is 7. The number of nitrogens with zero attached hydrogens (tertiary/aromatic N) is 1. The van der Waals surface area contributed by atoms with Gasteiger partial charge in [0.15, 0.2) is 0 Å². The van der Waals surface area contributed by atoms with Crippen molar-refractivity contribution >= 4 is 46.6 Å². The number of carbonyl (C=O) groups is 3. The van der Waals surface area contributed by atoms with E-state index in [1.807, 2.05) is 56.3 Å². The van der Waals surface area contributed by atoms with Crippen molar-refractivity contribution in [3.8, 4) is 0 Å². The van der Waals surface area contributed by atoms with Gasteiger partial charge in [-0.3, -0.25) is 14.4 Å². The summed E-state index contributed by atoms with van der Waals surface area (Å²) in [5.41, 5.74) is 6.15. The second-order valence-corrected chi connectivity index (χ2v) is 8.19. The first kappa shape index (κ1) is 24.6. The summed E-state index contributed by atoms with van der Waals surface area (Å²) in [6.07, 6.45) is 1.84. The van der Waals surface area contributed by atoms with E-state index in [9.17, 15) is 14.4 Å². The zero-order valence-corrected chi connectivity index (χ0v) is 18.8. The molecule has 0 saturated carbocycles. The lowest BCUT2D eigenvalue weighted by Gasteiger charge is -2.26. The van der Waals surface area contributed by atoms with Gasteiger partial charge in [-0.1, -0.05) is 44.2 Å². The molecule has 0 aliphatic carbocycles. The minimum absolute atomic E-state index is 0. The first-order valence-electron chi connectivity index (χ1n) is 10.5. The van der Waals surface area contributed by atoms with Crippen molar-refractivity contribution in [2.24, 2.45) is 11.7 Å². The van der Waals surface area contributed by atoms with Gasteiger partial charge in [0.25, 0.3) is 0 Å². The summed E-state index contributed by atoms with van der Waals surface area (Å²) in [7, 11) is 0. The van der Waals surface area contributed by atoms with Gasteiger partial charge in [0.1, 0.15) is 12.1 Å². The van der Waals surface area contributed by atoms with Crippen molar-refractivity contribution in [2.75, 3.05) is 18.4 Å². The molecule has 0 bridgehead atoms. The maximum absolute atomic E-state index is 13.0. The number of likely N-dealkylation sites (tertiary alicyclic amines) is 1. The lowest BCUT2D eigenvalue weighted by atomic mass is 10.0. The Hall–Kier alpha value is -2.64. The molecule has 168 valence electrons. The minimum Gasteiger partial charge on any atom is -0.342 e. The first-order valence-corrected chi connectivity index (χ1v) is 10.5. The Balaban J connectivity index is 0.00000341. The van der Waals surface area contributed by atoms with Crippen LogP contribution in [0.25, 0.3) is 10.8 Å². The minimum atomic E-state index is -0.681. The number of carbonyl (C=O) groups excluding carboxylic acids is 3. The highest BCUT2D eigenvalue weighted by molar-refractivity contribution is 6.00. The number of nitrogens with two attached hydrogens (primary N) is 1. The second kappa shape index (κ2) is 11.1. The summed E-state index contributed by atoms with van der Waals surface area (Å²) >= 11 is 0. The third kappa shape index (κ3) is 6.18. The Bertz CT molecular complexity index is 934. The van der Waals surface area contributed by atoms with Gasteiger partial charge >= 0.3 is 0 Å². The number of nitrogens with one attached hydrogen (secondary N) is 2. The van der Waals surface area contributed by atoms with Crippen LogP contribution in [0.2, 0.25) is 0 Å². The van der Waals surface area contributed by atoms with E-state index in [0.29, 0.717) is 25.1 Å². The average molecular weight is 447 g/mol. The van der Waals surface area contributed by atoms with E-state index in [-0.39, 0.29) is 42.6 Å². The largest absolute Gasteiger partial charge is 0.342 e. The molecule has 2 aromatic carbocycles. The van der Waals surface area contributed by atoms with E-state index in [0.717, 1.165) is 17.2 Å². The van der Waals surface area contributed by atoms with E-state index in [2.05, 4.69) is 10.6 Å². The van der Waals surface area contributed by atoms with Crippen LogP contribution in [0.15, 0.2) is 42.5 Å². The fourth-order valence-corrected chi connectivity index (χ4v) is 3.92. The van der Waals surface area contributed by atoms with Crippen molar-refractivity contribution in [3.63, 3.8) is 0 Å². The van der Waals surface area contributed by atoms with Crippen LogP contribution < -0.4 is 16.4 Å². The summed E-state index contributed by atoms with van der Waals surface area (Å²) in [5, 5.41) is 7.92. The number of hydrogen-bond donors (Lipinski definition) is 3. The van der Waals surface area contributed by atoms with Crippen molar-refractivity contribution in [3.05, 3.63) is 42.5 Å². The summed E-state index contributed by atoms with van der Waals surface area (Å²) in [4.78, 5) is 39.4. The van der Waals surface area contributed by atoms with Gasteiger partial charge in [-0.25, -0.2) is 0 Å². The molecule has 7 nitrogen and oxygen atoms in total. The first-order chi connectivity index (χ1) is 14.4. The fourth-order valence-electron chi connectivity index (χ4n) is 3.92. The van der Waals surface area contributed by atoms with Crippen LogP contribution in [0.5, 0.6) is 0 Å². The second-order valence-electron chi connectivity index (χ2n) is 8.19. The van der Waals surface area contributed by atoms with Crippen LogP contribution in [0.1, 0.15) is 33.1 Å². The maximum Gasteiger partial charge on any atom is 0.246 e. The van der Waals surface area contributed by atoms with Crippen LogP contribution in [0.4, 0.5) is 5.69 Å². The molecule has 3 rings (SSSR count). The van der Waals surface area contributed by atoms with Crippen molar-refractivity contribution < 1.29 is 14.4 Å². The third-order valence-corrected chi connectivity index (χ3v) is 5.41. The molecular formula is C23H31ClN4O3. The zero-order chi connectivity index (χ0) is 21.7. The Kier molecular flexibility index (Phi) is 8.83. The molecule has 3 amide bonds. The average Bonchev–Trinajstić information content (AvgIpc) is 3.22. The van der Waals surface area contributed by atoms with Gasteiger partial charge in [0, 0.05) is 12.2 Å². The summed E-state index contributed by atoms with van der Waals surface area (Å²) in [5.74, 6) is -0.590. The molecule has 0 radical (unpaired) electrons. The summed E-state index contributed by atoms with van der Waals surface area (Å²) in [6.45, 7) is 4.40. The molecule has 0 aromatic heterocycles. The number of benzene rings is 2. The molecule has 1 saturated heterocycles. The maximum atomic E-state index is 13.0. The Labute approximate surface area is 189 Å². The Morgan fingerprint density at radius 1 is 1.13 bits per heavy atom. The molecule has 31 heavy (non-hydrogen) atoms. The SMILES string of the molecule is CC(C)CC(NC(=O)C1CCCN1C(=O)CN)C(=O)Nc1ccc2ccccc2c1.Cl. The number of hydrogen-bond acceptors (Lipinski definition) is 4. The Morgan fingerprint density at radius 3 is 2.52 bits per heavy atom. The van der Waals surface area contributed by atoms with Crippen LogP contribution in [0.3, 0.4) is 0 Å². The molecule has 1 aliphatic rings. The van der Waals surface area contributed by atoms with E-state index in [4.69, 9.17) is 5.73 Å². The fraction of sp³-hybridized carbons (Fsp3) is 0.435. The van der Waals surface area contributed by atoms with Crippen LogP contribution in [-0.4, -0.2) is 47.8 Å². The number of amides is 3. The molecule has 2 unspecified atom stereocenters. The van der Waals surface area contributed by atoms with E-state index in [1.54, 1.807) is 0 Å². The normalized spacial score (nSPS) is 16.6. The van der Waals surface area contributed by atoms with Gasteiger partial charge in [0.2, 0.25) is 17.7 Å². The highest BCUT2D eigenvalue weighted by Crippen LogP contribution is 2.21. The lowest BCUT2D eigenvalue weighted by Crippen LogP contribution is -2.53. The van der Waals surface area contributed by atoms with Gasteiger partial charge < -0.3 is 21.3 Å². The smallest absolute Gasteiger partial charge is 0.246 e. The Morgan fingerprint density at radius 2 is 1.84 bits per heavy atom. The molecule has 8 heteroatoms. The molecule has 1 aliphatic heterocycles. The molecule has 0 spiro atoms. The van der Waals surface area contributed by atoms with Gasteiger partial charge in [-0.2, -0.15) is 0 Å². The van der Waals surface area contributed by atoms with E-state index in [1.165, 1.54) is 4.90 Å². The number of halogens is 1. The van der Waals surface area contributed by atoms with E-state index < -0.39 is 12.1 Å². The molecule has 2 aromatic rings. The zero-order valence-electron chi connectivity index (χ0n) is 18.0. The van der Waals surface area contributed by atoms with Gasteiger partial charge in [-0.15, -0.1) is 12.4 Å². The van der Waals surface area contributed by atoms with Crippen LogP contribution >= 0.6 is 12.4 Å². The standard InChI is InChI=1S/C23H30N4O3.ClH/c1-15(2)12-19(26-23(30)20-8-5-11-27(20)21(28)14-24)22(29)25-18-10-9-16-6-3-4-7-17(16)13-18;/h3-4,6-7,9-10,13,15,19-20H,5,8,11-12,14,24H2,1-2H3,(H,25,29)(H,26,30);1H. The van der Waals surface area contributed by atoms with Crippen LogP contribution in [0, 0.1) is 5.92 Å². The monoisotopic (exact) mass is 446 g/mol. The highest BCUT2D eigenvalue weighted by Gasteiger charge is 2.35. The van der Waals surface area contributed by atoms with Crippen molar-refractivity contribution in [2.45, 2.75) is 45.2 Å². The quantitative estimate of drug-likeness (QED) is 0.608. The molecule has 2 atom stereocenters. The van der Waals surface area contributed by atoms with Crippen LogP contribution in [-0.2, 0) is 14.4 Å². The van der Waals surface area contributed by atoms with Crippen molar-refractivity contribution in [1.82, 2.24) is 10.2 Å². The molecular weight excluding hydrogens is 416 g/mol. The third-order valence-electron chi connectivity index (χ3n) is 5.41. The summed E-state index contributed by atoms with van der Waals surface area (Å²) < 4.78 is 0.